The zero-order valence-electron chi connectivity index (χ0n) is 28.8. The standard InChI is InChI=1S/C34H46F6O10/c1-17-6-8-23-19(3)32(34(38,39)40,46-27-30(23)21(17)10-13-29(5,45-27)48-49-30)42-15-14-41-16-20-24-9-7-18(2)22-11-12-28(4)44-26(31(22,24)50-47-28)43-25(20)33(35,36)37/h17-19,21-24,26-27H,6-16H2,1-5H3/t17-,18-,19-,21?,22?,23+,24+,26-,27+,28-,29+,30-,31-,32-/m1/s1. The molecule has 8 heterocycles. The van der Waals surface area contributed by atoms with Gasteiger partial charge in [-0.3, -0.25) is 0 Å². The summed E-state index contributed by atoms with van der Waals surface area (Å²) in [4.78, 5) is 23.4. The fourth-order valence-corrected chi connectivity index (χ4v) is 10.8. The van der Waals surface area contributed by atoms with Crippen LogP contribution in [-0.4, -0.2) is 73.3 Å². The van der Waals surface area contributed by atoms with Crippen LogP contribution in [0.25, 0.3) is 0 Å². The number of allylic oxidation sites excluding steroid dienone is 1. The average molecular weight is 729 g/mol. The molecule has 0 amide bonds. The Hall–Kier alpha value is -1.24. The molecule has 4 bridgehead atoms. The maximum atomic E-state index is 15.2. The van der Waals surface area contributed by atoms with Gasteiger partial charge in [-0.05, 0) is 70.1 Å². The Bertz CT molecular complexity index is 1380. The lowest BCUT2D eigenvalue weighted by Gasteiger charge is -2.62. The largest absolute Gasteiger partial charge is 0.456 e. The van der Waals surface area contributed by atoms with Crippen LogP contribution in [0.5, 0.6) is 0 Å². The van der Waals surface area contributed by atoms with E-state index in [0.29, 0.717) is 51.4 Å². The molecule has 2 spiro atoms. The zero-order chi connectivity index (χ0) is 35.7. The first-order valence-corrected chi connectivity index (χ1v) is 17.9. The Kier molecular flexibility index (Phi) is 8.32. The molecule has 0 aromatic carbocycles. The molecule has 2 aliphatic carbocycles. The second-order valence-corrected chi connectivity index (χ2v) is 16.2. The van der Waals surface area contributed by atoms with E-state index in [0.717, 1.165) is 0 Å². The summed E-state index contributed by atoms with van der Waals surface area (Å²) in [5.41, 5.74) is -2.77. The molecule has 8 aliphatic heterocycles. The monoisotopic (exact) mass is 728 g/mol. The molecular weight excluding hydrogens is 682 g/mol. The van der Waals surface area contributed by atoms with Gasteiger partial charge in [-0.1, -0.05) is 20.8 Å². The first-order valence-electron chi connectivity index (χ1n) is 17.9. The van der Waals surface area contributed by atoms with Gasteiger partial charge in [0.05, 0.1) is 19.8 Å². The molecule has 7 saturated heterocycles. The lowest BCUT2D eigenvalue weighted by atomic mass is 9.57. The highest BCUT2D eigenvalue weighted by Crippen LogP contribution is 2.65. The molecule has 2 saturated carbocycles. The molecule has 10 nitrogen and oxygen atoms in total. The van der Waals surface area contributed by atoms with Gasteiger partial charge in [0, 0.05) is 42.1 Å². The Labute approximate surface area is 286 Å². The topological polar surface area (TPSA) is 92.3 Å². The van der Waals surface area contributed by atoms with E-state index >= 15 is 13.2 Å². The lowest BCUT2D eigenvalue weighted by molar-refractivity contribution is -0.599. The third kappa shape index (κ3) is 5.01. The second kappa shape index (κ2) is 11.6. The van der Waals surface area contributed by atoms with Crippen molar-refractivity contribution >= 4 is 0 Å². The molecular formula is C34H46F6O10. The Morgan fingerprint density at radius 2 is 1.28 bits per heavy atom. The van der Waals surface area contributed by atoms with E-state index < -0.39 is 96.8 Å². The minimum Gasteiger partial charge on any atom is -0.456 e. The molecule has 14 atom stereocenters. The summed E-state index contributed by atoms with van der Waals surface area (Å²) in [6.07, 6.45) is -8.55. The van der Waals surface area contributed by atoms with Crippen molar-refractivity contribution in [2.24, 2.45) is 41.4 Å². The van der Waals surface area contributed by atoms with Gasteiger partial charge in [-0.25, -0.2) is 19.6 Å². The van der Waals surface area contributed by atoms with E-state index in [1.165, 1.54) is 6.92 Å². The van der Waals surface area contributed by atoms with Crippen LogP contribution in [0.2, 0.25) is 0 Å². The van der Waals surface area contributed by atoms with Crippen LogP contribution in [0.15, 0.2) is 11.3 Å². The normalized spacial score (nSPS) is 51.4. The number of fused-ring (bicyclic) bond motifs is 4. The molecule has 0 aromatic rings. The maximum absolute atomic E-state index is 15.2. The summed E-state index contributed by atoms with van der Waals surface area (Å²) in [5, 5.41) is 0. The zero-order valence-corrected chi connectivity index (χ0v) is 28.8. The molecule has 0 N–H and O–H groups in total. The van der Waals surface area contributed by atoms with Crippen LogP contribution in [0, 0.1) is 41.4 Å². The van der Waals surface area contributed by atoms with Crippen molar-refractivity contribution in [1.82, 2.24) is 0 Å². The highest BCUT2D eigenvalue weighted by molar-refractivity contribution is 5.28. The van der Waals surface area contributed by atoms with E-state index in [-0.39, 0.29) is 29.2 Å². The number of hydrogen-bond donors (Lipinski definition) is 0. The Balaban J connectivity index is 1.03. The van der Waals surface area contributed by atoms with Gasteiger partial charge in [-0.2, -0.15) is 26.3 Å². The van der Waals surface area contributed by atoms with Crippen molar-refractivity contribution in [3.63, 3.8) is 0 Å². The number of hydrogen-bond acceptors (Lipinski definition) is 10. The second-order valence-electron chi connectivity index (χ2n) is 16.2. The number of ether oxygens (including phenoxy) is 6. The third-order valence-electron chi connectivity index (χ3n) is 13.4. The number of rotatable bonds is 6. The van der Waals surface area contributed by atoms with Gasteiger partial charge in [0.15, 0.2) is 17.5 Å². The van der Waals surface area contributed by atoms with Gasteiger partial charge in [0.2, 0.25) is 23.6 Å². The Morgan fingerprint density at radius 1 is 0.680 bits per heavy atom. The number of alkyl halides is 6. The summed E-state index contributed by atoms with van der Waals surface area (Å²) < 4.78 is 124. The smallest absolute Gasteiger partial charge is 0.449 e. The first kappa shape index (κ1) is 35.8. The summed E-state index contributed by atoms with van der Waals surface area (Å²) >= 11 is 0. The van der Waals surface area contributed by atoms with Crippen molar-refractivity contribution in [1.29, 1.82) is 0 Å². The van der Waals surface area contributed by atoms with E-state index in [2.05, 4.69) is 6.92 Å². The quantitative estimate of drug-likeness (QED) is 0.159. The van der Waals surface area contributed by atoms with Crippen LogP contribution in [0.4, 0.5) is 26.3 Å². The average Bonchev–Trinajstić information content (AvgIpc) is 3.41. The van der Waals surface area contributed by atoms with Gasteiger partial charge < -0.3 is 28.4 Å². The summed E-state index contributed by atoms with van der Waals surface area (Å²) in [6, 6.07) is 0. The van der Waals surface area contributed by atoms with E-state index in [1.807, 2.05) is 6.92 Å². The third-order valence-corrected chi connectivity index (χ3v) is 13.4. The predicted octanol–water partition coefficient (Wildman–Crippen LogP) is 7.22. The van der Waals surface area contributed by atoms with Crippen molar-refractivity contribution < 1.29 is 74.3 Å². The molecule has 10 aliphatic rings. The first-order chi connectivity index (χ1) is 23.4. The van der Waals surface area contributed by atoms with E-state index in [9.17, 15) is 13.2 Å². The highest BCUT2D eigenvalue weighted by Gasteiger charge is 2.77. The van der Waals surface area contributed by atoms with Gasteiger partial charge >= 0.3 is 12.4 Å². The van der Waals surface area contributed by atoms with Crippen LogP contribution in [0.3, 0.4) is 0 Å². The fraction of sp³-hybridized carbons (Fsp3) is 0.941. The number of halogens is 6. The lowest BCUT2D eigenvalue weighted by Crippen LogP contribution is -2.76. The molecule has 0 aromatic heterocycles. The highest BCUT2D eigenvalue weighted by atomic mass is 19.4. The van der Waals surface area contributed by atoms with Crippen LogP contribution < -0.4 is 0 Å². The van der Waals surface area contributed by atoms with Crippen LogP contribution in [-0.2, 0) is 48.0 Å². The summed E-state index contributed by atoms with van der Waals surface area (Å²) in [7, 11) is 0. The van der Waals surface area contributed by atoms with Crippen LogP contribution >= 0.6 is 0 Å². The van der Waals surface area contributed by atoms with E-state index in [1.54, 1.807) is 13.8 Å². The fourth-order valence-electron chi connectivity index (χ4n) is 10.8. The van der Waals surface area contributed by atoms with E-state index in [4.69, 9.17) is 48.0 Å². The van der Waals surface area contributed by atoms with Crippen LogP contribution in [0.1, 0.15) is 86.0 Å². The molecule has 10 rings (SSSR count). The predicted molar refractivity (Wildman–Crippen MR) is 156 cm³/mol. The maximum Gasteiger partial charge on any atom is 0.449 e. The summed E-state index contributed by atoms with van der Waals surface area (Å²) in [5.74, 6) is -9.77. The molecule has 2 unspecified atom stereocenters. The van der Waals surface area contributed by atoms with Gasteiger partial charge in [0.1, 0.15) is 0 Å². The Morgan fingerprint density at radius 3 is 1.92 bits per heavy atom. The van der Waals surface area contributed by atoms with Crippen molar-refractivity contribution in [2.75, 3.05) is 19.8 Å². The van der Waals surface area contributed by atoms with Gasteiger partial charge in [0.25, 0.3) is 5.79 Å². The molecule has 9 fully saturated rings. The van der Waals surface area contributed by atoms with Crippen molar-refractivity contribution in [3.05, 3.63) is 11.3 Å². The van der Waals surface area contributed by atoms with Gasteiger partial charge in [-0.15, -0.1) is 0 Å². The minimum atomic E-state index is -5.00. The minimum absolute atomic E-state index is 0.0954. The molecule has 0 radical (unpaired) electrons. The molecule has 16 heteroatoms. The van der Waals surface area contributed by atoms with Crippen molar-refractivity contribution in [2.45, 2.75) is 139 Å². The molecule has 284 valence electrons. The summed E-state index contributed by atoms with van der Waals surface area (Å²) in [6.45, 7) is 7.08. The molecule has 50 heavy (non-hydrogen) atoms. The SMILES string of the molecule is C[C@@H]1CC[C@H]2C(COCCO[C@@]3(C(F)(F)F)O[C@@H]4O[C@]5(C)CCC6[C@H](C)CC[C@@H]([C@H]3C)[C@]64OO5)=C(C(F)(F)F)O[C@@H]3O[C@@]4(C)CCC1[C@]32OO4. The van der Waals surface area contributed by atoms with Crippen molar-refractivity contribution in [3.8, 4) is 0 Å².